The number of nitrogens with one attached hydrogen (secondary N) is 1. The summed E-state index contributed by atoms with van der Waals surface area (Å²) in [7, 11) is -2.87. The number of rotatable bonds is 2. The smallest absolute Gasteiger partial charge is 0.165 e. The molecule has 1 aromatic heterocycles. The van der Waals surface area contributed by atoms with Crippen LogP contribution in [0.4, 0.5) is 10.2 Å². The zero-order chi connectivity index (χ0) is 11.6. The van der Waals surface area contributed by atoms with E-state index in [2.05, 4.69) is 10.3 Å². The van der Waals surface area contributed by atoms with Crippen LogP contribution in [0, 0.1) is 5.82 Å². The average molecular weight is 244 g/mol. The highest BCUT2D eigenvalue weighted by molar-refractivity contribution is 7.91. The van der Waals surface area contributed by atoms with Gasteiger partial charge in [-0.2, -0.15) is 0 Å². The minimum Gasteiger partial charge on any atom is -0.365 e. The number of aromatic nitrogens is 1. The van der Waals surface area contributed by atoms with E-state index in [0.29, 0.717) is 12.8 Å². The molecule has 1 aliphatic heterocycles. The molecular weight excluding hydrogens is 231 g/mol. The third kappa shape index (κ3) is 2.69. The van der Waals surface area contributed by atoms with Gasteiger partial charge in [0.1, 0.15) is 9.84 Å². The molecule has 4 nitrogen and oxygen atoms in total. The van der Waals surface area contributed by atoms with Crippen LogP contribution in [-0.4, -0.2) is 30.9 Å². The standard InChI is InChI=1S/C10H13FN2O2S/c11-9-2-1-5-12-10(9)13-8-3-6-16(14,15)7-4-8/h1-2,5,8H,3-4,6-7H2,(H,12,13). The van der Waals surface area contributed by atoms with E-state index in [-0.39, 0.29) is 23.4 Å². The van der Waals surface area contributed by atoms with Gasteiger partial charge in [0.15, 0.2) is 11.6 Å². The summed E-state index contributed by atoms with van der Waals surface area (Å²) in [5, 5.41) is 2.94. The molecule has 0 aromatic carbocycles. The van der Waals surface area contributed by atoms with Crippen LogP contribution in [0.1, 0.15) is 12.8 Å². The maximum atomic E-state index is 13.3. The molecule has 0 unspecified atom stereocenters. The van der Waals surface area contributed by atoms with Crippen molar-refractivity contribution in [2.75, 3.05) is 16.8 Å². The fraction of sp³-hybridized carbons (Fsp3) is 0.500. The van der Waals surface area contributed by atoms with E-state index in [9.17, 15) is 12.8 Å². The van der Waals surface area contributed by atoms with Gasteiger partial charge in [0.2, 0.25) is 0 Å². The highest BCUT2D eigenvalue weighted by atomic mass is 32.2. The molecule has 1 aromatic rings. The van der Waals surface area contributed by atoms with Gasteiger partial charge in [-0.1, -0.05) is 0 Å². The second kappa shape index (κ2) is 4.37. The Kier molecular flexibility index (Phi) is 3.09. The van der Waals surface area contributed by atoms with Gasteiger partial charge in [0.05, 0.1) is 11.5 Å². The van der Waals surface area contributed by atoms with Crippen LogP contribution in [0.3, 0.4) is 0 Å². The normalized spacial score (nSPS) is 20.6. The van der Waals surface area contributed by atoms with E-state index in [1.807, 2.05) is 0 Å². The van der Waals surface area contributed by atoms with Gasteiger partial charge in [-0.05, 0) is 25.0 Å². The molecule has 0 radical (unpaired) electrons. The van der Waals surface area contributed by atoms with Crippen LogP contribution >= 0.6 is 0 Å². The molecule has 0 bridgehead atoms. The minimum atomic E-state index is -2.87. The molecule has 6 heteroatoms. The van der Waals surface area contributed by atoms with Gasteiger partial charge < -0.3 is 5.32 Å². The number of hydrogen-bond acceptors (Lipinski definition) is 4. The highest BCUT2D eigenvalue weighted by Crippen LogP contribution is 2.18. The third-order valence-electron chi connectivity index (χ3n) is 2.65. The predicted molar refractivity (Wildman–Crippen MR) is 59.5 cm³/mol. The van der Waals surface area contributed by atoms with Crippen molar-refractivity contribution >= 4 is 15.7 Å². The van der Waals surface area contributed by atoms with Gasteiger partial charge in [-0.15, -0.1) is 0 Å². The lowest BCUT2D eigenvalue weighted by atomic mass is 10.1. The maximum Gasteiger partial charge on any atom is 0.165 e. The van der Waals surface area contributed by atoms with E-state index in [1.54, 1.807) is 0 Å². The summed E-state index contributed by atoms with van der Waals surface area (Å²) < 4.78 is 35.6. The van der Waals surface area contributed by atoms with Crippen LogP contribution in [0.15, 0.2) is 18.3 Å². The Morgan fingerprint density at radius 3 is 2.69 bits per heavy atom. The number of pyridine rings is 1. The Hall–Kier alpha value is -1.17. The topological polar surface area (TPSA) is 59.1 Å². The molecule has 1 aliphatic rings. The van der Waals surface area contributed by atoms with E-state index in [1.165, 1.54) is 18.3 Å². The number of anilines is 1. The van der Waals surface area contributed by atoms with E-state index in [0.717, 1.165) is 0 Å². The molecule has 0 saturated carbocycles. The van der Waals surface area contributed by atoms with Crippen molar-refractivity contribution < 1.29 is 12.8 Å². The molecule has 1 fully saturated rings. The van der Waals surface area contributed by atoms with Crippen molar-refractivity contribution in [3.63, 3.8) is 0 Å². The summed E-state index contributed by atoms with van der Waals surface area (Å²) in [5.74, 6) is 0.126. The lowest BCUT2D eigenvalue weighted by molar-refractivity contribution is 0.555. The van der Waals surface area contributed by atoms with E-state index >= 15 is 0 Å². The molecule has 16 heavy (non-hydrogen) atoms. The Bertz CT molecular complexity index is 461. The quantitative estimate of drug-likeness (QED) is 0.849. The first kappa shape index (κ1) is 11.3. The maximum absolute atomic E-state index is 13.3. The molecule has 2 rings (SSSR count). The number of sulfone groups is 1. The SMILES string of the molecule is O=S1(=O)CCC(Nc2ncccc2F)CC1. The zero-order valence-corrected chi connectivity index (χ0v) is 9.50. The average Bonchev–Trinajstić information content (AvgIpc) is 2.24. The molecule has 1 saturated heterocycles. The molecule has 0 atom stereocenters. The fourth-order valence-electron chi connectivity index (χ4n) is 1.72. The van der Waals surface area contributed by atoms with Crippen LogP contribution in [0.5, 0.6) is 0 Å². The highest BCUT2D eigenvalue weighted by Gasteiger charge is 2.24. The minimum absolute atomic E-state index is 0.00655. The van der Waals surface area contributed by atoms with Gasteiger partial charge in [-0.3, -0.25) is 0 Å². The summed E-state index contributed by atoms with van der Waals surface area (Å²) in [6.45, 7) is 0. The van der Waals surface area contributed by atoms with Crippen molar-refractivity contribution in [3.05, 3.63) is 24.1 Å². The van der Waals surface area contributed by atoms with Gasteiger partial charge in [-0.25, -0.2) is 17.8 Å². The lowest BCUT2D eigenvalue weighted by Gasteiger charge is -2.23. The predicted octanol–water partition coefficient (Wildman–Crippen LogP) is 1.21. The summed E-state index contributed by atoms with van der Waals surface area (Å²) in [6, 6.07) is 2.84. The van der Waals surface area contributed by atoms with Crippen molar-refractivity contribution in [1.82, 2.24) is 4.98 Å². The zero-order valence-electron chi connectivity index (χ0n) is 8.69. The first-order valence-electron chi connectivity index (χ1n) is 5.14. The number of nitrogens with zero attached hydrogens (tertiary/aromatic N) is 1. The third-order valence-corrected chi connectivity index (χ3v) is 4.37. The number of hydrogen-bond donors (Lipinski definition) is 1. The Morgan fingerprint density at radius 2 is 2.06 bits per heavy atom. The van der Waals surface area contributed by atoms with Crippen molar-refractivity contribution in [2.24, 2.45) is 0 Å². The summed E-state index contributed by atoms with van der Waals surface area (Å²) in [6.07, 6.45) is 2.53. The monoisotopic (exact) mass is 244 g/mol. The Balaban J connectivity index is 2.00. The molecule has 1 N–H and O–H groups in total. The Morgan fingerprint density at radius 1 is 1.38 bits per heavy atom. The largest absolute Gasteiger partial charge is 0.365 e. The van der Waals surface area contributed by atoms with Crippen LogP contribution < -0.4 is 5.32 Å². The van der Waals surface area contributed by atoms with Crippen molar-refractivity contribution in [1.29, 1.82) is 0 Å². The lowest BCUT2D eigenvalue weighted by Crippen LogP contribution is -2.32. The number of halogens is 1. The second-order valence-corrected chi connectivity index (χ2v) is 6.21. The molecule has 0 spiro atoms. The first-order chi connectivity index (χ1) is 7.57. The van der Waals surface area contributed by atoms with Gasteiger partial charge >= 0.3 is 0 Å². The molecule has 0 amide bonds. The summed E-state index contributed by atoms with van der Waals surface area (Å²) in [4.78, 5) is 3.87. The second-order valence-electron chi connectivity index (χ2n) is 3.90. The van der Waals surface area contributed by atoms with Gasteiger partial charge in [0, 0.05) is 12.2 Å². The van der Waals surface area contributed by atoms with Crippen molar-refractivity contribution in [3.8, 4) is 0 Å². The van der Waals surface area contributed by atoms with Gasteiger partial charge in [0.25, 0.3) is 0 Å². The van der Waals surface area contributed by atoms with Crippen LogP contribution in [-0.2, 0) is 9.84 Å². The van der Waals surface area contributed by atoms with Crippen molar-refractivity contribution in [2.45, 2.75) is 18.9 Å². The van der Waals surface area contributed by atoms with Crippen LogP contribution in [0.25, 0.3) is 0 Å². The van der Waals surface area contributed by atoms with E-state index in [4.69, 9.17) is 0 Å². The van der Waals surface area contributed by atoms with E-state index < -0.39 is 15.7 Å². The summed E-state index contributed by atoms with van der Waals surface area (Å²) in [5.41, 5.74) is 0. The first-order valence-corrected chi connectivity index (χ1v) is 6.96. The molecule has 2 heterocycles. The molecular formula is C10H13FN2O2S. The fourth-order valence-corrected chi connectivity index (χ4v) is 3.21. The molecule has 0 aliphatic carbocycles. The summed E-state index contributed by atoms with van der Waals surface area (Å²) >= 11 is 0. The molecule has 88 valence electrons. The Labute approximate surface area is 93.8 Å². The van der Waals surface area contributed by atoms with Crippen LogP contribution in [0.2, 0.25) is 0 Å².